The molecule has 0 bridgehead atoms. The van der Waals surface area contributed by atoms with Crippen LogP contribution in [0.3, 0.4) is 0 Å². The maximum absolute atomic E-state index is 12.8. The second-order valence-corrected chi connectivity index (χ2v) is 7.43. The number of hydrogen-bond donors (Lipinski definition) is 0. The molecule has 130 valence electrons. The maximum Gasteiger partial charge on any atom is 0.193 e. The van der Waals surface area contributed by atoms with Crippen LogP contribution in [0.1, 0.15) is 15.9 Å². The molecule has 0 atom stereocenters. The van der Waals surface area contributed by atoms with Gasteiger partial charge in [-0.05, 0) is 36.4 Å². The van der Waals surface area contributed by atoms with Crippen molar-refractivity contribution in [2.75, 3.05) is 0 Å². The molecule has 2 aromatic heterocycles. The standard InChI is InChI=1S/C22H14BrN3O/c1-26-19-10-8-15(23)12-16(19)20-22(26)25-17-9-7-14(11-18(17)24-20)21(27)13-5-3-2-4-6-13/h2-12H,1H3. The van der Waals surface area contributed by atoms with E-state index in [4.69, 9.17) is 9.97 Å². The van der Waals surface area contributed by atoms with Gasteiger partial charge in [-0.25, -0.2) is 9.97 Å². The van der Waals surface area contributed by atoms with E-state index in [9.17, 15) is 4.79 Å². The highest BCUT2D eigenvalue weighted by atomic mass is 79.9. The van der Waals surface area contributed by atoms with Gasteiger partial charge in [-0.15, -0.1) is 0 Å². The number of aromatic nitrogens is 3. The Hall–Kier alpha value is -3.05. The predicted molar refractivity (Wildman–Crippen MR) is 111 cm³/mol. The van der Waals surface area contributed by atoms with Gasteiger partial charge in [0.1, 0.15) is 5.52 Å². The smallest absolute Gasteiger partial charge is 0.193 e. The lowest BCUT2D eigenvalue weighted by molar-refractivity contribution is 0.103. The zero-order valence-electron chi connectivity index (χ0n) is 14.5. The van der Waals surface area contributed by atoms with Gasteiger partial charge in [0.05, 0.1) is 16.6 Å². The fourth-order valence-electron chi connectivity index (χ4n) is 3.46. The average Bonchev–Trinajstić information content (AvgIpc) is 2.97. The van der Waals surface area contributed by atoms with Gasteiger partial charge in [-0.2, -0.15) is 0 Å². The Bertz CT molecular complexity index is 1360. The third-order valence-electron chi connectivity index (χ3n) is 4.84. The quantitative estimate of drug-likeness (QED) is 0.369. The fraction of sp³-hybridized carbons (Fsp3) is 0.0455. The topological polar surface area (TPSA) is 47.8 Å². The lowest BCUT2D eigenvalue weighted by Crippen LogP contribution is -2.01. The number of rotatable bonds is 2. The van der Waals surface area contributed by atoms with Crippen LogP contribution in [0.4, 0.5) is 0 Å². The third kappa shape index (κ3) is 2.54. The van der Waals surface area contributed by atoms with Crippen molar-refractivity contribution >= 4 is 54.8 Å². The van der Waals surface area contributed by atoms with E-state index in [1.54, 1.807) is 0 Å². The zero-order valence-corrected chi connectivity index (χ0v) is 16.1. The van der Waals surface area contributed by atoms with Crippen molar-refractivity contribution in [3.63, 3.8) is 0 Å². The Balaban J connectivity index is 1.75. The van der Waals surface area contributed by atoms with Gasteiger partial charge in [-0.3, -0.25) is 4.79 Å². The molecule has 0 fully saturated rings. The van der Waals surface area contributed by atoms with Gasteiger partial charge in [-0.1, -0.05) is 46.3 Å². The van der Waals surface area contributed by atoms with Crippen molar-refractivity contribution in [1.29, 1.82) is 0 Å². The van der Waals surface area contributed by atoms with E-state index < -0.39 is 0 Å². The van der Waals surface area contributed by atoms with Crippen molar-refractivity contribution in [2.45, 2.75) is 0 Å². The second kappa shape index (κ2) is 5.99. The normalized spacial score (nSPS) is 11.5. The first-order valence-electron chi connectivity index (χ1n) is 8.57. The van der Waals surface area contributed by atoms with Gasteiger partial charge >= 0.3 is 0 Å². The molecule has 0 radical (unpaired) electrons. The minimum absolute atomic E-state index is 0.0138. The largest absolute Gasteiger partial charge is 0.327 e. The second-order valence-electron chi connectivity index (χ2n) is 6.51. The molecule has 5 rings (SSSR count). The van der Waals surface area contributed by atoms with Gasteiger partial charge < -0.3 is 4.57 Å². The molecule has 5 aromatic rings. The number of hydrogen-bond acceptors (Lipinski definition) is 3. The van der Waals surface area contributed by atoms with Crippen molar-refractivity contribution in [1.82, 2.24) is 14.5 Å². The number of benzene rings is 3. The molecule has 0 saturated heterocycles. The molecule has 0 aliphatic heterocycles. The molecule has 0 spiro atoms. The Kier molecular flexibility index (Phi) is 3.58. The van der Waals surface area contributed by atoms with E-state index >= 15 is 0 Å². The van der Waals surface area contributed by atoms with Crippen LogP contribution in [-0.4, -0.2) is 20.3 Å². The van der Waals surface area contributed by atoms with Crippen LogP contribution in [0.2, 0.25) is 0 Å². The summed E-state index contributed by atoms with van der Waals surface area (Å²) in [6.45, 7) is 0. The van der Waals surface area contributed by atoms with Gasteiger partial charge in [0.25, 0.3) is 0 Å². The molecule has 0 aliphatic carbocycles. The zero-order chi connectivity index (χ0) is 18.5. The Morgan fingerprint density at radius 2 is 1.70 bits per heavy atom. The summed E-state index contributed by atoms with van der Waals surface area (Å²) < 4.78 is 3.05. The fourth-order valence-corrected chi connectivity index (χ4v) is 3.82. The summed E-state index contributed by atoms with van der Waals surface area (Å²) in [6, 6.07) is 20.9. The maximum atomic E-state index is 12.8. The Morgan fingerprint density at radius 1 is 0.889 bits per heavy atom. The highest BCUT2D eigenvalue weighted by molar-refractivity contribution is 9.10. The molecular formula is C22H14BrN3O. The summed E-state index contributed by atoms with van der Waals surface area (Å²) in [7, 11) is 1.99. The molecule has 0 aliphatic rings. The average molecular weight is 416 g/mol. The molecule has 0 saturated carbocycles. The number of carbonyl (C=O) groups is 1. The molecule has 3 aromatic carbocycles. The number of aryl methyl sites for hydroxylation is 1. The number of nitrogens with zero attached hydrogens (tertiary/aromatic N) is 3. The summed E-state index contributed by atoms with van der Waals surface area (Å²) in [5.74, 6) is -0.0138. The Labute approximate surface area is 163 Å². The third-order valence-corrected chi connectivity index (χ3v) is 5.33. The first kappa shape index (κ1) is 16.1. The monoisotopic (exact) mass is 415 g/mol. The summed E-state index contributed by atoms with van der Waals surface area (Å²) >= 11 is 3.53. The van der Waals surface area contributed by atoms with Crippen molar-refractivity contribution in [2.24, 2.45) is 7.05 Å². The molecule has 5 heteroatoms. The number of halogens is 1. The number of ketones is 1. The van der Waals surface area contributed by atoms with Crippen LogP contribution in [-0.2, 0) is 7.05 Å². The van der Waals surface area contributed by atoms with Crippen LogP contribution in [0.5, 0.6) is 0 Å². The lowest BCUT2D eigenvalue weighted by Gasteiger charge is -2.04. The first-order valence-corrected chi connectivity index (χ1v) is 9.36. The van der Waals surface area contributed by atoms with E-state index in [2.05, 4.69) is 28.1 Å². The van der Waals surface area contributed by atoms with Crippen molar-refractivity contribution in [3.05, 3.63) is 82.3 Å². The van der Waals surface area contributed by atoms with E-state index in [1.807, 2.05) is 66.2 Å². The van der Waals surface area contributed by atoms with E-state index in [0.29, 0.717) is 11.1 Å². The van der Waals surface area contributed by atoms with Gasteiger partial charge in [0.15, 0.2) is 11.4 Å². The number of fused-ring (bicyclic) bond motifs is 4. The van der Waals surface area contributed by atoms with Gasteiger partial charge in [0.2, 0.25) is 0 Å². The van der Waals surface area contributed by atoms with E-state index in [0.717, 1.165) is 37.6 Å². The highest BCUT2D eigenvalue weighted by Gasteiger charge is 2.15. The van der Waals surface area contributed by atoms with E-state index in [-0.39, 0.29) is 5.78 Å². The summed E-state index contributed by atoms with van der Waals surface area (Å²) in [4.78, 5) is 22.4. The SMILES string of the molecule is Cn1c2ccc(Br)cc2c2nc3cc(C(=O)c4ccccc4)ccc3nc21. The van der Waals surface area contributed by atoms with Crippen molar-refractivity contribution < 1.29 is 4.79 Å². The summed E-state index contributed by atoms with van der Waals surface area (Å²) in [5, 5.41) is 1.04. The molecular weight excluding hydrogens is 402 g/mol. The molecule has 0 N–H and O–H groups in total. The van der Waals surface area contributed by atoms with Crippen LogP contribution in [0.25, 0.3) is 33.1 Å². The van der Waals surface area contributed by atoms with E-state index in [1.165, 1.54) is 0 Å². The summed E-state index contributed by atoms with van der Waals surface area (Å²) in [6.07, 6.45) is 0. The Morgan fingerprint density at radius 3 is 2.52 bits per heavy atom. The first-order chi connectivity index (χ1) is 13.1. The predicted octanol–water partition coefficient (Wildman–Crippen LogP) is 5.27. The summed E-state index contributed by atoms with van der Waals surface area (Å²) in [5.41, 5.74) is 5.52. The number of carbonyl (C=O) groups excluding carboxylic acids is 1. The molecule has 4 nitrogen and oxygen atoms in total. The minimum atomic E-state index is -0.0138. The van der Waals surface area contributed by atoms with Crippen LogP contribution in [0, 0.1) is 0 Å². The van der Waals surface area contributed by atoms with Gasteiger partial charge in [0, 0.05) is 28.0 Å². The molecule has 27 heavy (non-hydrogen) atoms. The van der Waals surface area contributed by atoms with Crippen LogP contribution < -0.4 is 0 Å². The minimum Gasteiger partial charge on any atom is -0.327 e. The highest BCUT2D eigenvalue weighted by Crippen LogP contribution is 2.30. The lowest BCUT2D eigenvalue weighted by atomic mass is 10.0. The molecule has 0 amide bonds. The van der Waals surface area contributed by atoms with Crippen molar-refractivity contribution in [3.8, 4) is 0 Å². The molecule has 2 heterocycles. The molecule has 0 unspecified atom stereocenters. The van der Waals surface area contributed by atoms with Crippen LogP contribution in [0.15, 0.2) is 71.2 Å². The van der Waals surface area contributed by atoms with Crippen LogP contribution >= 0.6 is 15.9 Å².